The summed E-state index contributed by atoms with van der Waals surface area (Å²) in [5.41, 5.74) is 2.38. The maximum absolute atomic E-state index is 13.2. The Hall–Kier alpha value is -4.19. The maximum Gasteiger partial charge on any atom is 0.233 e. The van der Waals surface area contributed by atoms with Crippen LogP contribution in [0, 0.1) is 5.82 Å². The van der Waals surface area contributed by atoms with E-state index < -0.39 is 10.0 Å². The Morgan fingerprint density at radius 3 is 2.60 bits per heavy atom. The van der Waals surface area contributed by atoms with Crippen molar-refractivity contribution >= 4 is 27.3 Å². The van der Waals surface area contributed by atoms with E-state index in [-0.39, 0.29) is 18.2 Å². The minimum Gasteiger partial charge on any atom is -0.487 e. The standard InChI is InChI=1S/C23H23FN6O4S/c1-3-35(31,32)30-18-9-6-16(10-20(18)34-14-15-4-7-17(24)8-5-15)19-11-21(29-28-19)26-22-12-25-13-23(27-22)33-2/h4-13,30H,3,14H2,1-2H3,(H2,26,27,28,29). The van der Waals surface area contributed by atoms with E-state index in [0.29, 0.717) is 40.2 Å². The number of aromatic nitrogens is 4. The largest absolute Gasteiger partial charge is 0.487 e. The van der Waals surface area contributed by atoms with Crippen LogP contribution in [0.25, 0.3) is 11.3 Å². The van der Waals surface area contributed by atoms with Crippen molar-refractivity contribution in [1.82, 2.24) is 20.2 Å². The summed E-state index contributed by atoms with van der Waals surface area (Å²) in [4.78, 5) is 8.28. The highest BCUT2D eigenvalue weighted by molar-refractivity contribution is 7.92. The summed E-state index contributed by atoms with van der Waals surface area (Å²) < 4.78 is 51.0. The lowest BCUT2D eigenvalue weighted by molar-refractivity contribution is 0.308. The Labute approximate surface area is 201 Å². The first kappa shape index (κ1) is 24.0. The molecule has 0 aliphatic carbocycles. The van der Waals surface area contributed by atoms with Crippen LogP contribution in [0.15, 0.2) is 60.9 Å². The zero-order valence-electron chi connectivity index (χ0n) is 18.9. The molecule has 0 amide bonds. The van der Waals surface area contributed by atoms with E-state index in [0.717, 1.165) is 5.56 Å². The molecule has 35 heavy (non-hydrogen) atoms. The summed E-state index contributed by atoms with van der Waals surface area (Å²) in [7, 11) is -2.03. The molecule has 4 rings (SSSR count). The first-order chi connectivity index (χ1) is 16.8. The van der Waals surface area contributed by atoms with E-state index in [4.69, 9.17) is 9.47 Å². The molecule has 0 aliphatic heterocycles. The lowest BCUT2D eigenvalue weighted by Gasteiger charge is -2.14. The average molecular weight is 499 g/mol. The number of methoxy groups -OCH3 is 1. The van der Waals surface area contributed by atoms with Crippen LogP contribution in [0.4, 0.5) is 21.7 Å². The average Bonchev–Trinajstić information content (AvgIpc) is 3.32. The molecule has 0 bridgehead atoms. The molecular weight excluding hydrogens is 475 g/mol. The fourth-order valence-electron chi connectivity index (χ4n) is 3.05. The molecule has 0 fully saturated rings. The van der Waals surface area contributed by atoms with Crippen LogP contribution in [-0.4, -0.2) is 41.4 Å². The van der Waals surface area contributed by atoms with Crippen LogP contribution in [0.5, 0.6) is 11.6 Å². The Bertz CT molecular complexity index is 1410. The van der Waals surface area contributed by atoms with Gasteiger partial charge in [0.2, 0.25) is 15.9 Å². The van der Waals surface area contributed by atoms with Crippen molar-refractivity contribution in [3.8, 4) is 22.9 Å². The van der Waals surface area contributed by atoms with Gasteiger partial charge in [0.1, 0.15) is 18.2 Å². The summed E-state index contributed by atoms with van der Waals surface area (Å²) in [5.74, 6) is 1.18. The van der Waals surface area contributed by atoms with Crippen molar-refractivity contribution < 1.29 is 22.3 Å². The van der Waals surface area contributed by atoms with Crippen molar-refractivity contribution in [3.63, 3.8) is 0 Å². The van der Waals surface area contributed by atoms with Gasteiger partial charge in [0.25, 0.3) is 0 Å². The van der Waals surface area contributed by atoms with Gasteiger partial charge in [0, 0.05) is 11.6 Å². The number of nitrogens with one attached hydrogen (secondary N) is 3. The molecule has 2 heterocycles. The third-order valence-corrected chi connectivity index (χ3v) is 6.19. The molecule has 0 unspecified atom stereocenters. The van der Waals surface area contributed by atoms with E-state index >= 15 is 0 Å². The van der Waals surface area contributed by atoms with Crippen molar-refractivity contribution in [3.05, 3.63) is 72.3 Å². The fraction of sp³-hybridized carbons (Fsp3) is 0.174. The number of nitrogens with zero attached hydrogens (tertiary/aromatic N) is 3. The molecule has 2 aromatic heterocycles. The summed E-state index contributed by atoms with van der Waals surface area (Å²) in [6.45, 7) is 1.66. The predicted molar refractivity (Wildman–Crippen MR) is 130 cm³/mol. The highest BCUT2D eigenvalue weighted by atomic mass is 32.2. The third-order valence-electron chi connectivity index (χ3n) is 4.90. The van der Waals surface area contributed by atoms with Gasteiger partial charge in [0.05, 0.1) is 36.6 Å². The minimum absolute atomic E-state index is 0.0884. The fourth-order valence-corrected chi connectivity index (χ4v) is 3.69. The molecule has 2 aromatic carbocycles. The summed E-state index contributed by atoms with van der Waals surface area (Å²) in [6.07, 6.45) is 3.02. The lowest BCUT2D eigenvalue weighted by Crippen LogP contribution is -2.15. The maximum atomic E-state index is 13.2. The van der Waals surface area contributed by atoms with E-state index in [1.165, 1.54) is 31.6 Å². The van der Waals surface area contributed by atoms with Crippen LogP contribution in [0.1, 0.15) is 12.5 Å². The Morgan fingerprint density at radius 1 is 1.06 bits per heavy atom. The molecule has 12 heteroatoms. The number of ether oxygens (including phenoxy) is 2. The van der Waals surface area contributed by atoms with Crippen molar-refractivity contribution in [2.24, 2.45) is 0 Å². The van der Waals surface area contributed by atoms with E-state index in [1.54, 1.807) is 43.3 Å². The molecule has 3 N–H and O–H groups in total. The quantitative estimate of drug-likeness (QED) is 0.298. The Balaban J connectivity index is 1.58. The van der Waals surface area contributed by atoms with Gasteiger partial charge >= 0.3 is 0 Å². The Kier molecular flexibility index (Phi) is 7.11. The highest BCUT2D eigenvalue weighted by Gasteiger charge is 2.15. The number of benzene rings is 2. The molecule has 10 nitrogen and oxygen atoms in total. The third kappa shape index (κ3) is 6.23. The number of hydrogen-bond donors (Lipinski definition) is 3. The zero-order valence-corrected chi connectivity index (χ0v) is 19.8. The van der Waals surface area contributed by atoms with Gasteiger partial charge in [-0.25, -0.2) is 12.8 Å². The van der Waals surface area contributed by atoms with Gasteiger partial charge in [0.15, 0.2) is 11.6 Å². The van der Waals surface area contributed by atoms with Gasteiger partial charge in [-0.15, -0.1) is 0 Å². The summed E-state index contributed by atoms with van der Waals surface area (Å²) in [6, 6.07) is 12.7. The lowest BCUT2D eigenvalue weighted by atomic mass is 10.1. The number of H-pyrrole nitrogens is 1. The first-order valence-electron chi connectivity index (χ1n) is 10.6. The van der Waals surface area contributed by atoms with Crippen LogP contribution in [0.2, 0.25) is 0 Å². The van der Waals surface area contributed by atoms with Gasteiger partial charge in [-0.1, -0.05) is 18.2 Å². The van der Waals surface area contributed by atoms with Crippen molar-refractivity contribution in [2.45, 2.75) is 13.5 Å². The van der Waals surface area contributed by atoms with E-state index in [9.17, 15) is 12.8 Å². The molecule has 182 valence electrons. The van der Waals surface area contributed by atoms with Crippen LogP contribution in [0.3, 0.4) is 0 Å². The second kappa shape index (κ2) is 10.4. The predicted octanol–water partition coefficient (Wildman–Crippen LogP) is 4.10. The summed E-state index contributed by atoms with van der Waals surface area (Å²) in [5, 5.41) is 10.2. The van der Waals surface area contributed by atoms with Gasteiger partial charge in [-0.2, -0.15) is 10.1 Å². The molecule has 0 spiro atoms. The second-order valence-electron chi connectivity index (χ2n) is 7.37. The molecule has 0 atom stereocenters. The Morgan fingerprint density at radius 2 is 1.86 bits per heavy atom. The smallest absolute Gasteiger partial charge is 0.233 e. The number of halogens is 1. The van der Waals surface area contributed by atoms with Crippen molar-refractivity contribution in [2.75, 3.05) is 22.9 Å². The van der Waals surface area contributed by atoms with Gasteiger partial charge < -0.3 is 14.8 Å². The van der Waals surface area contributed by atoms with Crippen LogP contribution >= 0.6 is 0 Å². The SMILES string of the molecule is CCS(=O)(=O)Nc1ccc(-c2cc(Nc3cncc(OC)n3)n[nH]2)cc1OCc1ccc(F)cc1. The van der Waals surface area contributed by atoms with Gasteiger partial charge in [-0.3, -0.25) is 14.8 Å². The number of rotatable bonds is 10. The second-order valence-corrected chi connectivity index (χ2v) is 9.38. The van der Waals surface area contributed by atoms with Crippen molar-refractivity contribution in [1.29, 1.82) is 0 Å². The number of anilines is 3. The number of aromatic amines is 1. The topological polar surface area (TPSA) is 131 Å². The molecule has 0 saturated heterocycles. The number of sulfonamides is 1. The van der Waals surface area contributed by atoms with Gasteiger partial charge in [-0.05, 0) is 36.8 Å². The first-order valence-corrected chi connectivity index (χ1v) is 12.2. The van der Waals surface area contributed by atoms with E-state index in [1.807, 2.05) is 0 Å². The van der Waals surface area contributed by atoms with Crippen LogP contribution in [-0.2, 0) is 16.6 Å². The molecule has 4 aromatic rings. The molecule has 0 radical (unpaired) electrons. The normalized spacial score (nSPS) is 11.2. The molecular formula is C23H23FN6O4S. The van der Waals surface area contributed by atoms with E-state index in [2.05, 4.69) is 30.2 Å². The monoisotopic (exact) mass is 498 g/mol. The summed E-state index contributed by atoms with van der Waals surface area (Å²) >= 11 is 0. The minimum atomic E-state index is -3.53. The highest BCUT2D eigenvalue weighted by Crippen LogP contribution is 2.32. The molecule has 0 saturated carbocycles. The molecule has 0 aliphatic rings. The van der Waals surface area contributed by atoms with Crippen LogP contribution < -0.4 is 19.5 Å². The number of hydrogen-bond acceptors (Lipinski definition) is 8. The zero-order chi connectivity index (χ0) is 24.8.